The Morgan fingerprint density at radius 1 is 1.70 bits per heavy atom. The van der Waals surface area contributed by atoms with Crippen LogP contribution in [0.2, 0.25) is 0 Å². The van der Waals surface area contributed by atoms with E-state index in [9.17, 15) is 0 Å². The minimum atomic E-state index is 0. The Bertz CT molecular complexity index is 110. The standard InChI is InChI=1S/C7H14N2.CH3/c1-3-7-4-6(2)8-5-9-7;/h5-7H,3-4H2,1-2H3,(H,8,9);1H3/q;-1/p+1. The zero-order valence-electron chi connectivity index (χ0n) is 7.17. The Balaban J connectivity index is 0.000000810. The van der Waals surface area contributed by atoms with Gasteiger partial charge in [-0.2, -0.15) is 0 Å². The molecule has 0 bridgehead atoms. The summed E-state index contributed by atoms with van der Waals surface area (Å²) in [5.74, 6) is 0. The second-order valence-electron chi connectivity index (χ2n) is 2.74. The summed E-state index contributed by atoms with van der Waals surface area (Å²) in [6.07, 6.45) is 4.46. The minimum absolute atomic E-state index is 0. The third kappa shape index (κ3) is 2.48. The van der Waals surface area contributed by atoms with E-state index in [-0.39, 0.29) is 7.43 Å². The second kappa shape index (κ2) is 4.45. The molecule has 0 saturated carbocycles. The number of rotatable bonds is 1. The lowest BCUT2D eigenvalue weighted by Gasteiger charge is -2.17. The molecule has 10 heavy (non-hydrogen) atoms. The second-order valence-corrected chi connectivity index (χ2v) is 2.74. The van der Waals surface area contributed by atoms with E-state index in [0.29, 0.717) is 6.04 Å². The lowest BCUT2D eigenvalue weighted by molar-refractivity contribution is -0.578. The van der Waals surface area contributed by atoms with Crippen molar-refractivity contribution in [2.45, 2.75) is 38.8 Å². The Kier molecular flexibility index (Phi) is 4.28. The van der Waals surface area contributed by atoms with Crippen molar-refractivity contribution >= 4 is 6.34 Å². The van der Waals surface area contributed by atoms with E-state index >= 15 is 0 Å². The zero-order valence-corrected chi connectivity index (χ0v) is 7.17. The molecule has 0 aromatic carbocycles. The minimum Gasteiger partial charge on any atom is -0.358 e. The molecular weight excluding hydrogens is 124 g/mol. The van der Waals surface area contributed by atoms with Crippen molar-refractivity contribution in [2.75, 3.05) is 0 Å². The molecule has 2 heteroatoms. The Morgan fingerprint density at radius 3 is 2.80 bits per heavy atom. The summed E-state index contributed by atoms with van der Waals surface area (Å²) in [7, 11) is 0. The molecule has 0 amide bonds. The normalized spacial score (nSPS) is 31.4. The van der Waals surface area contributed by atoms with Gasteiger partial charge in [0.05, 0.1) is 12.1 Å². The van der Waals surface area contributed by atoms with Gasteiger partial charge in [0, 0.05) is 6.42 Å². The molecule has 2 atom stereocenters. The van der Waals surface area contributed by atoms with Crippen molar-refractivity contribution in [3.05, 3.63) is 7.43 Å². The average Bonchev–Trinajstić information content (AvgIpc) is 1.88. The number of hydrogen-bond acceptors (Lipinski definition) is 1. The lowest BCUT2D eigenvalue weighted by atomic mass is 10.1. The van der Waals surface area contributed by atoms with E-state index in [1.807, 2.05) is 6.34 Å². The van der Waals surface area contributed by atoms with Crippen LogP contribution in [-0.2, 0) is 0 Å². The molecule has 60 valence electrons. The van der Waals surface area contributed by atoms with Gasteiger partial charge >= 0.3 is 0 Å². The number of hydrogen-bond donors (Lipinski definition) is 1. The summed E-state index contributed by atoms with van der Waals surface area (Å²) < 4.78 is 0. The predicted molar refractivity (Wildman–Crippen MR) is 45.0 cm³/mol. The maximum absolute atomic E-state index is 4.25. The third-order valence-electron chi connectivity index (χ3n) is 1.87. The smallest absolute Gasteiger partial charge is 0.182 e. The SMILES string of the molecule is CCC1CC(C)N=C[NH2+]1.[CH3-]. The van der Waals surface area contributed by atoms with E-state index < -0.39 is 0 Å². The first-order valence-corrected chi connectivity index (χ1v) is 3.69. The monoisotopic (exact) mass is 142 g/mol. The van der Waals surface area contributed by atoms with Crippen LogP contribution in [0.15, 0.2) is 4.99 Å². The molecule has 1 aliphatic heterocycles. The van der Waals surface area contributed by atoms with Crippen LogP contribution in [-0.4, -0.2) is 18.4 Å². The predicted octanol–water partition coefficient (Wildman–Crippen LogP) is 0.599. The van der Waals surface area contributed by atoms with Gasteiger partial charge in [0.25, 0.3) is 0 Å². The number of quaternary nitrogens is 1. The van der Waals surface area contributed by atoms with Gasteiger partial charge in [-0.1, -0.05) is 6.92 Å². The first-order valence-electron chi connectivity index (χ1n) is 3.69. The molecule has 2 nitrogen and oxygen atoms in total. The van der Waals surface area contributed by atoms with Crippen molar-refractivity contribution in [3.8, 4) is 0 Å². The van der Waals surface area contributed by atoms with Gasteiger partial charge in [-0.05, 0) is 13.3 Å². The van der Waals surface area contributed by atoms with Gasteiger partial charge < -0.3 is 12.7 Å². The topological polar surface area (TPSA) is 29.0 Å². The Labute approximate surface area is 63.7 Å². The summed E-state index contributed by atoms with van der Waals surface area (Å²) in [5, 5.41) is 2.21. The zero-order chi connectivity index (χ0) is 6.69. The first kappa shape index (κ1) is 9.63. The molecule has 0 aromatic heterocycles. The van der Waals surface area contributed by atoms with E-state index in [4.69, 9.17) is 0 Å². The van der Waals surface area contributed by atoms with Crippen LogP contribution in [0.1, 0.15) is 26.7 Å². The molecule has 0 fully saturated rings. The van der Waals surface area contributed by atoms with Crippen molar-refractivity contribution in [2.24, 2.45) is 4.99 Å². The van der Waals surface area contributed by atoms with Crippen molar-refractivity contribution in [3.63, 3.8) is 0 Å². The molecule has 0 aromatic rings. The fraction of sp³-hybridized carbons (Fsp3) is 0.750. The maximum Gasteiger partial charge on any atom is 0.182 e. The van der Waals surface area contributed by atoms with E-state index in [1.54, 1.807) is 0 Å². The third-order valence-corrected chi connectivity index (χ3v) is 1.87. The van der Waals surface area contributed by atoms with Crippen LogP contribution in [0.4, 0.5) is 0 Å². The molecule has 0 aliphatic carbocycles. The highest BCUT2D eigenvalue weighted by molar-refractivity contribution is 5.42. The number of nitrogens with two attached hydrogens (primary N) is 1. The highest BCUT2D eigenvalue weighted by Crippen LogP contribution is 2.02. The van der Waals surface area contributed by atoms with Crippen LogP contribution in [0.3, 0.4) is 0 Å². The molecule has 1 aliphatic rings. The summed E-state index contributed by atoms with van der Waals surface area (Å²) in [4.78, 5) is 4.25. The van der Waals surface area contributed by atoms with E-state index in [0.717, 1.165) is 6.04 Å². The molecule has 1 rings (SSSR count). The molecular formula is C8H18N2. The summed E-state index contributed by atoms with van der Waals surface area (Å²) in [6.45, 7) is 4.40. The van der Waals surface area contributed by atoms with Crippen molar-refractivity contribution in [1.29, 1.82) is 0 Å². The highest BCUT2D eigenvalue weighted by atomic mass is 15.0. The van der Waals surface area contributed by atoms with Gasteiger partial charge in [-0.25, -0.2) is 4.99 Å². The summed E-state index contributed by atoms with van der Waals surface area (Å²) >= 11 is 0. The van der Waals surface area contributed by atoms with Crippen LogP contribution in [0, 0.1) is 7.43 Å². The van der Waals surface area contributed by atoms with Crippen LogP contribution in [0.25, 0.3) is 0 Å². The number of nitrogens with zero attached hydrogens (tertiary/aromatic N) is 1. The Hall–Kier alpha value is -0.370. The molecule has 1 heterocycles. The average molecular weight is 142 g/mol. The summed E-state index contributed by atoms with van der Waals surface area (Å²) in [5.41, 5.74) is 0. The van der Waals surface area contributed by atoms with E-state index in [2.05, 4.69) is 24.2 Å². The Morgan fingerprint density at radius 2 is 2.40 bits per heavy atom. The molecule has 0 saturated heterocycles. The maximum atomic E-state index is 4.25. The molecule has 2 N–H and O–H groups in total. The number of aliphatic imine (C=N–C) groups is 1. The molecule has 2 unspecified atom stereocenters. The first-order chi connectivity index (χ1) is 4.33. The lowest BCUT2D eigenvalue weighted by Crippen LogP contribution is -2.90. The van der Waals surface area contributed by atoms with Crippen LogP contribution < -0.4 is 5.32 Å². The highest BCUT2D eigenvalue weighted by Gasteiger charge is 2.15. The van der Waals surface area contributed by atoms with Gasteiger partial charge in [0.15, 0.2) is 6.34 Å². The van der Waals surface area contributed by atoms with E-state index in [1.165, 1.54) is 12.8 Å². The van der Waals surface area contributed by atoms with Crippen molar-refractivity contribution in [1.82, 2.24) is 0 Å². The quantitative estimate of drug-likeness (QED) is 0.519. The van der Waals surface area contributed by atoms with Crippen LogP contribution >= 0.6 is 0 Å². The van der Waals surface area contributed by atoms with Gasteiger partial charge in [-0.15, -0.1) is 0 Å². The summed E-state index contributed by atoms with van der Waals surface area (Å²) in [6, 6.07) is 1.34. The fourth-order valence-electron chi connectivity index (χ4n) is 1.20. The van der Waals surface area contributed by atoms with Crippen LogP contribution in [0.5, 0.6) is 0 Å². The molecule has 0 spiro atoms. The molecule has 0 radical (unpaired) electrons. The fourth-order valence-corrected chi connectivity index (χ4v) is 1.20. The largest absolute Gasteiger partial charge is 0.358 e. The van der Waals surface area contributed by atoms with Gasteiger partial charge in [0.2, 0.25) is 0 Å². The van der Waals surface area contributed by atoms with Gasteiger partial charge in [0.1, 0.15) is 0 Å². The van der Waals surface area contributed by atoms with Gasteiger partial charge in [-0.3, -0.25) is 0 Å². The van der Waals surface area contributed by atoms with Crippen molar-refractivity contribution < 1.29 is 5.32 Å².